The molecule has 0 radical (unpaired) electrons. The molecule has 0 saturated carbocycles. The second-order valence-corrected chi connectivity index (χ2v) is 6.70. The van der Waals surface area contributed by atoms with Crippen LogP contribution in [0.5, 0.6) is 11.5 Å². The van der Waals surface area contributed by atoms with Crippen LogP contribution in [0.15, 0.2) is 65.8 Å². The van der Waals surface area contributed by atoms with Crippen LogP contribution in [0.1, 0.15) is 25.3 Å². The molecule has 7 heteroatoms. The number of hydrogen-bond acceptors (Lipinski definition) is 5. The predicted molar refractivity (Wildman–Crippen MR) is 122 cm³/mol. The van der Waals surface area contributed by atoms with Gasteiger partial charge in [0.1, 0.15) is 11.5 Å². The lowest BCUT2D eigenvalue weighted by atomic mass is 10.0. The van der Waals surface area contributed by atoms with E-state index in [0.717, 1.165) is 27.8 Å². The lowest BCUT2D eigenvalue weighted by Gasteiger charge is -2.08. The van der Waals surface area contributed by atoms with Crippen LogP contribution < -0.4 is 20.2 Å². The number of rotatable bonds is 9. The third kappa shape index (κ3) is 6.05. The largest absolute Gasteiger partial charge is 0.496 e. The van der Waals surface area contributed by atoms with Crippen LogP contribution in [-0.2, 0) is 9.59 Å². The smallest absolute Gasteiger partial charge is 0.240 e. The molecule has 0 bridgehead atoms. The molecule has 0 aromatic heterocycles. The molecule has 7 nitrogen and oxygen atoms in total. The van der Waals surface area contributed by atoms with E-state index in [-0.39, 0.29) is 24.7 Å². The van der Waals surface area contributed by atoms with E-state index in [0.29, 0.717) is 12.3 Å². The van der Waals surface area contributed by atoms with Crippen LogP contribution >= 0.6 is 0 Å². The van der Waals surface area contributed by atoms with E-state index < -0.39 is 0 Å². The quantitative estimate of drug-likeness (QED) is 0.403. The van der Waals surface area contributed by atoms with Crippen LogP contribution in [0.3, 0.4) is 0 Å². The second kappa shape index (κ2) is 10.8. The van der Waals surface area contributed by atoms with E-state index in [1.165, 1.54) is 0 Å². The Morgan fingerprint density at radius 1 is 0.935 bits per heavy atom. The van der Waals surface area contributed by atoms with Gasteiger partial charge in [0.15, 0.2) is 0 Å². The molecule has 2 amide bonds. The van der Waals surface area contributed by atoms with E-state index >= 15 is 0 Å². The van der Waals surface area contributed by atoms with E-state index in [9.17, 15) is 9.59 Å². The lowest BCUT2D eigenvalue weighted by Crippen LogP contribution is -2.20. The normalized spacial score (nSPS) is 10.8. The van der Waals surface area contributed by atoms with Gasteiger partial charge >= 0.3 is 0 Å². The number of carbonyl (C=O) groups excluding carboxylic acids is 2. The fraction of sp³-hybridized carbons (Fsp3) is 0.208. The number of fused-ring (bicyclic) bond motifs is 1. The van der Waals surface area contributed by atoms with Crippen molar-refractivity contribution < 1.29 is 19.1 Å². The van der Waals surface area contributed by atoms with Gasteiger partial charge in [-0.1, -0.05) is 24.3 Å². The summed E-state index contributed by atoms with van der Waals surface area (Å²) in [5, 5.41) is 8.71. The molecule has 2 N–H and O–H groups in total. The lowest BCUT2D eigenvalue weighted by molar-refractivity contribution is -0.124. The Balaban J connectivity index is 1.49. The standard InChI is InChI=1S/C24H25N3O4/c1-3-31-19-11-9-18(10-12-19)26-23(28)14-15-24(29)27-25-16-17-8-13-22(30-2)21-7-5-4-6-20(17)21/h4-13,16H,3,14-15H2,1-2H3,(H,26,28)(H,27,29)/b25-16+. The summed E-state index contributed by atoms with van der Waals surface area (Å²) in [5.41, 5.74) is 3.97. The van der Waals surface area contributed by atoms with E-state index in [1.807, 2.05) is 43.3 Å². The summed E-state index contributed by atoms with van der Waals surface area (Å²) >= 11 is 0. The highest BCUT2D eigenvalue weighted by molar-refractivity contribution is 6.02. The van der Waals surface area contributed by atoms with Gasteiger partial charge in [-0.05, 0) is 48.7 Å². The topological polar surface area (TPSA) is 89.0 Å². The fourth-order valence-corrected chi connectivity index (χ4v) is 3.07. The van der Waals surface area contributed by atoms with Crippen molar-refractivity contribution in [2.75, 3.05) is 19.0 Å². The van der Waals surface area contributed by atoms with Crippen molar-refractivity contribution in [3.63, 3.8) is 0 Å². The number of amides is 2. The summed E-state index contributed by atoms with van der Waals surface area (Å²) in [7, 11) is 1.63. The number of methoxy groups -OCH3 is 1. The number of nitrogens with zero attached hydrogens (tertiary/aromatic N) is 1. The molecule has 0 aliphatic heterocycles. The predicted octanol–water partition coefficient (Wildman–Crippen LogP) is 4.12. The van der Waals surface area contributed by atoms with Crippen molar-refractivity contribution in [1.82, 2.24) is 5.43 Å². The van der Waals surface area contributed by atoms with Crippen molar-refractivity contribution in [3.05, 3.63) is 66.2 Å². The molecule has 0 fully saturated rings. The number of benzene rings is 3. The zero-order chi connectivity index (χ0) is 22.1. The maximum absolute atomic E-state index is 12.1. The van der Waals surface area contributed by atoms with E-state index in [2.05, 4.69) is 15.8 Å². The molecule has 0 unspecified atom stereocenters. The molecule has 31 heavy (non-hydrogen) atoms. The van der Waals surface area contributed by atoms with Crippen LogP contribution in [0.4, 0.5) is 5.69 Å². The first-order valence-corrected chi connectivity index (χ1v) is 10.0. The van der Waals surface area contributed by atoms with Gasteiger partial charge in [0.05, 0.1) is 19.9 Å². The number of nitrogens with one attached hydrogen (secondary N) is 2. The molecule has 0 aliphatic rings. The molecular weight excluding hydrogens is 394 g/mol. The van der Waals surface area contributed by atoms with E-state index in [1.54, 1.807) is 37.6 Å². The van der Waals surface area contributed by atoms with Gasteiger partial charge in [-0.15, -0.1) is 0 Å². The molecule has 3 rings (SSSR count). The van der Waals surface area contributed by atoms with Crippen molar-refractivity contribution in [1.29, 1.82) is 0 Å². The number of ether oxygens (including phenoxy) is 2. The molecule has 0 heterocycles. The molecule has 0 atom stereocenters. The van der Waals surface area contributed by atoms with Crippen molar-refractivity contribution in [3.8, 4) is 11.5 Å². The third-order valence-corrected chi connectivity index (χ3v) is 4.56. The Bertz CT molecular complexity index is 1080. The second-order valence-electron chi connectivity index (χ2n) is 6.70. The van der Waals surface area contributed by atoms with Crippen LogP contribution in [0.25, 0.3) is 10.8 Å². The average Bonchev–Trinajstić information content (AvgIpc) is 2.79. The number of hydrogen-bond donors (Lipinski definition) is 2. The van der Waals surface area contributed by atoms with Gasteiger partial charge in [0, 0.05) is 29.5 Å². The minimum absolute atomic E-state index is 0.0313. The Hall–Kier alpha value is -3.87. The highest BCUT2D eigenvalue weighted by Crippen LogP contribution is 2.27. The summed E-state index contributed by atoms with van der Waals surface area (Å²) in [5.74, 6) is 0.929. The average molecular weight is 419 g/mol. The minimum atomic E-state index is -0.337. The molecule has 3 aromatic carbocycles. The molecule has 0 saturated heterocycles. The van der Waals surface area contributed by atoms with Crippen LogP contribution in [0, 0.1) is 0 Å². The first kappa shape index (κ1) is 21.8. The molecule has 0 spiro atoms. The van der Waals surface area contributed by atoms with Gasteiger partial charge in [-0.25, -0.2) is 5.43 Å². The summed E-state index contributed by atoms with van der Waals surface area (Å²) in [6.07, 6.45) is 1.67. The van der Waals surface area contributed by atoms with Gasteiger partial charge < -0.3 is 14.8 Å². The van der Waals surface area contributed by atoms with Crippen molar-refractivity contribution in [2.45, 2.75) is 19.8 Å². The van der Waals surface area contributed by atoms with Crippen molar-refractivity contribution >= 4 is 34.5 Å². The molecule has 3 aromatic rings. The molecular formula is C24H25N3O4. The monoisotopic (exact) mass is 419 g/mol. The summed E-state index contributed by atoms with van der Waals surface area (Å²) in [6, 6.07) is 18.6. The highest BCUT2D eigenvalue weighted by Gasteiger charge is 2.08. The first-order chi connectivity index (χ1) is 15.1. The van der Waals surface area contributed by atoms with Gasteiger partial charge in [-0.2, -0.15) is 5.10 Å². The Labute approximate surface area is 181 Å². The SMILES string of the molecule is CCOc1ccc(NC(=O)CCC(=O)N/N=C/c2ccc(OC)c3ccccc23)cc1. The number of carbonyl (C=O) groups is 2. The molecule has 160 valence electrons. The van der Waals surface area contributed by atoms with Crippen LogP contribution in [-0.4, -0.2) is 31.7 Å². The van der Waals surface area contributed by atoms with E-state index in [4.69, 9.17) is 9.47 Å². The maximum atomic E-state index is 12.1. The van der Waals surface area contributed by atoms with Gasteiger partial charge in [0.25, 0.3) is 0 Å². The van der Waals surface area contributed by atoms with Crippen molar-refractivity contribution in [2.24, 2.45) is 5.10 Å². The summed E-state index contributed by atoms with van der Waals surface area (Å²) in [6.45, 7) is 2.49. The third-order valence-electron chi connectivity index (χ3n) is 4.56. The Kier molecular flexibility index (Phi) is 7.59. The fourth-order valence-electron chi connectivity index (χ4n) is 3.07. The minimum Gasteiger partial charge on any atom is -0.496 e. The van der Waals surface area contributed by atoms with Gasteiger partial charge in [0.2, 0.25) is 11.8 Å². The Morgan fingerprint density at radius 2 is 1.65 bits per heavy atom. The molecule has 0 aliphatic carbocycles. The highest BCUT2D eigenvalue weighted by atomic mass is 16.5. The number of anilines is 1. The summed E-state index contributed by atoms with van der Waals surface area (Å²) < 4.78 is 10.7. The maximum Gasteiger partial charge on any atom is 0.240 e. The van der Waals surface area contributed by atoms with Gasteiger partial charge in [-0.3, -0.25) is 9.59 Å². The Morgan fingerprint density at radius 3 is 2.35 bits per heavy atom. The zero-order valence-electron chi connectivity index (χ0n) is 17.6. The van der Waals surface area contributed by atoms with Crippen LogP contribution in [0.2, 0.25) is 0 Å². The summed E-state index contributed by atoms with van der Waals surface area (Å²) in [4.78, 5) is 24.1. The number of hydrazone groups is 1. The zero-order valence-corrected chi connectivity index (χ0v) is 17.6. The first-order valence-electron chi connectivity index (χ1n) is 10.0.